The van der Waals surface area contributed by atoms with Gasteiger partial charge in [-0.15, -0.1) is 11.8 Å². The van der Waals surface area contributed by atoms with Crippen LogP contribution in [0.2, 0.25) is 5.02 Å². The van der Waals surface area contributed by atoms with E-state index in [2.05, 4.69) is 13.0 Å². The fourth-order valence-corrected chi connectivity index (χ4v) is 3.58. The van der Waals surface area contributed by atoms with Crippen molar-refractivity contribution in [2.45, 2.75) is 42.6 Å². The Morgan fingerprint density at radius 3 is 2.82 bits per heavy atom. The summed E-state index contributed by atoms with van der Waals surface area (Å²) in [4.78, 5) is 1.20. The molecule has 17 heavy (non-hydrogen) atoms. The Bertz CT molecular complexity index is 397. The van der Waals surface area contributed by atoms with Gasteiger partial charge in [0, 0.05) is 27.8 Å². The molecule has 2 N–H and O–H groups in total. The molecule has 94 valence electrons. The lowest BCUT2D eigenvalue weighted by Crippen LogP contribution is -2.13. The maximum atomic E-state index is 6.22. The third kappa shape index (κ3) is 3.16. The van der Waals surface area contributed by atoms with Crippen LogP contribution in [0.15, 0.2) is 23.1 Å². The van der Waals surface area contributed by atoms with E-state index in [4.69, 9.17) is 22.1 Å². The van der Waals surface area contributed by atoms with E-state index in [0.717, 1.165) is 23.6 Å². The van der Waals surface area contributed by atoms with Gasteiger partial charge in [-0.1, -0.05) is 17.7 Å². The van der Waals surface area contributed by atoms with Gasteiger partial charge in [0.25, 0.3) is 0 Å². The van der Waals surface area contributed by atoms with Crippen molar-refractivity contribution in [3.63, 3.8) is 0 Å². The van der Waals surface area contributed by atoms with E-state index in [0.29, 0.717) is 11.4 Å². The zero-order chi connectivity index (χ0) is 12.4. The zero-order valence-corrected chi connectivity index (χ0v) is 11.7. The van der Waals surface area contributed by atoms with E-state index in [1.165, 1.54) is 4.90 Å². The molecule has 4 heteroatoms. The maximum Gasteiger partial charge on any atom is 0.0669 e. The van der Waals surface area contributed by atoms with E-state index in [-0.39, 0.29) is 6.04 Å². The number of nitrogens with two attached hydrogens (primary N) is 1. The molecule has 2 nitrogen and oxygen atoms in total. The quantitative estimate of drug-likeness (QED) is 0.912. The third-order valence-corrected chi connectivity index (χ3v) is 4.83. The molecule has 0 aliphatic carbocycles. The van der Waals surface area contributed by atoms with Crippen LogP contribution in [-0.4, -0.2) is 18.0 Å². The Kier molecular flexibility index (Phi) is 4.36. The maximum absolute atomic E-state index is 6.22. The highest BCUT2D eigenvalue weighted by Gasteiger charge is 2.25. The van der Waals surface area contributed by atoms with Crippen LogP contribution in [0, 0.1) is 0 Å². The smallest absolute Gasteiger partial charge is 0.0669 e. The second-order valence-electron chi connectivity index (χ2n) is 4.49. The van der Waals surface area contributed by atoms with Gasteiger partial charge in [0.15, 0.2) is 0 Å². The van der Waals surface area contributed by atoms with Crippen LogP contribution in [0.1, 0.15) is 31.9 Å². The molecule has 0 spiro atoms. The van der Waals surface area contributed by atoms with Gasteiger partial charge in [-0.25, -0.2) is 0 Å². The van der Waals surface area contributed by atoms with E-state index in [1.54, 1.807) is 0 Å². The van der Waals surface area contributed by atoms with Crippen molar-refractivity contribution in [2.75, 3.05) is 6.61 Å². The predicted octanol–water partition coefficient (Wildman–Crippen LogP) is 3.63. The molecule has 3 atom stereocenters. The van der Waals surface area contributed by atoms with E-state index < -0.39 is 0 Å². The Labute approximate surface area is 112 Å². The van der Waals surface area contributed by atoms with Crippen molar-refractivity contribution < 1.29 is 4.74 Å². The first kappa shape index (κ1) is 13.2. The van der Waals surface area contributed by atoms with Crippen LogP contribution in [0.4, 0.5) is 0 Å². The monoisotopic (exact) mass is 271 g/mol. The van der Waals surface area contributed by atoms with Gasteiger partial charge >= 0.3 is 0 Å². The zero-order valence-electron chi connectivity index (χ0n) is 10.2. The molecule has 2 rings (SSSR count). The van der Waals surface area contributed by atoms with E-state index in [9.17, 15) is 0 Å². The Morgan fingerprint density at radius 1 is 1.53 bits per heavy atom. The van der Waals surface area contributed by atoms with Crippen LogP contribution in [0.25, 0.3) is 0 Å². The topological polar surface area (TPSA) is 35.2 Å². The predicted molar refractivity (Wildman–Crippen MR) is 73.7 cm³/mol. The van der Waals surface area contributed by atoms with Crippen LogP contribution in [-0.2, 0) is 4.74 Å². The number of hydrogen-bond donors (Lipinski definition) is 1. The fourth-order valence-electron chi connectivity index (χ4n) is 1.99. The summed E-state index contributed by atoms with van der Waals surface area (Å²) in [5.74, 6) is 0. The molecule has 1 fully saturated rings. The van der Waals surface area contributed by atoms with Crippen molar-refractivity contribution in [1.29, 1.82) is 0 Å². The number of hydrogen-bond acceptors (Lipinski definition) is 3. The molecule has 0 bridgehead atoms. The number of rotatable bonds is 3. The Balaban J connectivity index is 2.09. The van der Waals surface area contributed by atoms with E-state index >= 15 is 0 Å². The Morgan fingerprint density at radius 2 is 2.29 bits per heavy atom. The molecule has 3 unspecified atom stereocenters. The van der Waals surface area contributed by atoms with Crippen LogP contribution < -0.4 is 5.73 Å². The summed E-state index contributed by atoms with van der Waals surface area (Å²) in [5.41, 5.74) is 6.85. The minimum Gasteiger partial charge on any atom is -0.377 e. The lowest BCUT2D eigenvalue weighted by Gasteiger charge is -2.15. The molecule has 1 saturated heterocycles. The number of thioether (sulfide) groups is 1. The third-order valence-electron chi connectivity index (χ3n) is 3.06. The van der Waals surface area contributed by atoms with Crippen molar-refractivity contribution in [3.05, 3.63) is 28.8 Å². The van der Waals surface area contributed by atoms with Gasteiger partial charge in [0.2, 0.25) is 0 Å². The molecule has 0 amide bonds. The van der Waals surface area contributed by atoms with Crippen LogP contribution in [0.5, 0.6) is 0 Å². The molecular formula is C13H18ClNOS. The van der Waals surface area contributed by atoms with Gasteiger partial charge in [0.05, 0.1) is 6.10 Å². The highest BCUT2D eigenvalue weighted by atomic mass is 35.5. The van der Waals surface area contributed by atoms with Crippen molar-refractivity contribution >= 4 is 23.4 Å². The van der Waals surface area contributed by atoms with Gasteiger partial charge in [0.1, 0.15) is 0 Å². The number of ether oxygens (including phenoxy) is 1. The lowest BCUT2D eigenvalue weighted by molar-refractivity contribution is 0.127. The van der Waals surface area contributed by atoms with Crippen LogP contribution in [0.3, 0.4) is 0 Å². The van der Waals surface area contributed by atoms with E-state index in [1.807, 2.05) is 30.8 Å². The average Bonchev–Trinajstić information content (AvgIpc) is 2.64. The molecule has 0 saturated carbocycles. The number of halogens is 1. The molecule has 1 aromatic rings. The van der Waals surface area contributed by atoms with Gasteiger partial charge < -0.3 is 10.5 Å². The highest BCUT2D eigenvalue weighted by molar-refractivity contribution is 8.00. The minimum absolute atomic E-state index is 0.0183. The SMILES string of the molecule is CC(N)c1ccc(SC2CCOC2C)cc1Cl. The molecule has 1 aliphatic heterocycles. The summed E-state index contributed by atoms with van der Waals surface area (Å²) in [6.45, 7) is 4.94. The van der Waals surface area contributed by atoms with Crippen molar-refractivity contribution in [3.8, 4) is 0 Å². The second-order valence-corrected chi connectivity index (χ2v) is 6.21. The van der Waals surface area contributed by atoms with Crippen molar-refractivity contribution in [1.82, 2.24) is 0 Å². The molecule has 0 radical (unpaired) electrons. The van der Waals surface area contributed by atoms with Crippen molar-refractivity contribution in [2.24, 2.45) is 5.73 Å². The first-order valence-electron chi connectivity index (χ1n) is 5.91. The highest BCUT2D eigenvalue weighted by Crippen LogP contribution is 2.35. The van der Waals surface area contributed by atoms with Gasteiger partial charge in [-0.2, -0.15) is 0 Å². The molecule has 1 aromatic carbocycles. The summed E-state index contributed by atoms with van der Waals surface area (Å²) in [6, 6.07) is 6.11. The first-order valence-corrected chi connectivity index (χ1v) is 7.17. The molecule has 1 heterocycles. The molecular weight excluding hydrogens is 254 g/mol. The normalized spacial score (nSPS) is 26.1. The first-order chi connectivity index (χ1) is 8.08. The lowest BCUT2D eigenvalue weighted by atomic mass is 10.1. The van der Waals surface area contributed by atoms with Gasteiger partial charge in [-0.3, -0.25) is 0 Å². The fraction of sp³-hybridized carbons (Fsp3) is 0.538. The summed E-state index contributed by atoms with van der Waals surface area (Å²) < 4.78 is 5.56. The summed E-state index contributed by atoms with van der Waals surface area (Å²) in [7, 11) is 0. The molecule has 1 aliphatic rings. The summed E-state index contributed by atoms with van der Waals surface area (Å²) >= 11 is 8.07. The molecule has 0 aromatic heterocycles. The average molecular weight is 272 g/mol. The second kappa shape index (κ2) is 5.61. The standard InChI is InChI=1S/C13H18ClNOS/c1-8(15)11-4-3-10(7-12(11)14)17-13-5-6-16-9(13)2/h3-4,7-9,13H,5-6,15H2,1-2H3. The summed E-state index contributed by atoms with van der Waals surface area (Å²) in [6.07, 6.45) is 1.44. The minimum atomic E-state index is -0.0183. The van der Waals surface area contributed by atoms with Gasteiger partial charge in [-0.05, 0) is 38.0 Å². The Hall–Kier alpha value is -0.220. The number of benzene rings is 1. The largest absolute Gasteiger partial charge is 0.377 e. The summed E-state index contributed by atoms with van der Waals surface area (Å²) in [5, 5.41) is 1.30. The van der Waals surface area contributed by atoms with Crippen LogP contribution >= 0.6 is 23.4 Å².